The second-order valence-electron chi connectivity index (χ2n) is 15.3. The van der Waals surface area contributed by atoms with Crippen molar-refractivity contribution in [3.8, 4) is 0 Å². The number of hydrogen-bond donors (Lipinski definition) is 6. The van der Waals surface area contributed by atoms with Gasteiger partial charge in [-0.05, 0) is 40.9 Å². The molecule has 6 N–H and O–H groups in total. The minimum atomic E-state index is -1.41. The SMILES string of the molecule is CC(C)(C)CC(C)(C)CC(=O)NC(COC1CC=CC(O)C(O)C1O)C(O)CC(O)C(C)(C)CC(C)(C)C. The second kappa shape index (κ2) is 13.6. The Labute approximate surface area is 230 Å². The summed E-state index contributed by atoms with van der Waals surface area (Å²) in [7, 11) is 0. The molecule has 1 aliphatic rings. The summed E-state index contributed by atoms with van der Waals surface area (Å²) in [5.41, 5.74) is -0.705. The van der Waals surface area contributed by atoms with E-state index in [1.54, 1.807) is 6.08 Å². The number of nitrogens with one attached hydrogen (secondary N) is 1. The minimum Gasteiger partial charge on any atom is -0.392 e. The van der Waals surface area contributed by atoms with E-state index in [0.717, 1.165) is 12.8 Å². The van der Waals surface area contributed by atoms with Gasteiger partial charge in [-0.1, -0.05) is 81.4 Å². The van der Waals surface area contributed by atoms with E-state index in [9.17, 15) is 30.3 Å². The number of ether oxygens (including phenoxy) is 1. The van der Waals surface area contributed by atoms with Crippen molar-refractivity contribution in [2.75, 3.05) is 6.61 Å². The van der Waals surface area contributed by atoms with Gasteiger partial charge in [-0.15, -0.1) is 0 Å². The largest absolute Gasteiger partial charge is 0.392 e. The van der Waals surface area contributed by atoms with Gasteiger partial charge >= 0.3 is 0 Å². The summed E-state index contributed by atoms with van der Waals surface area (Å²) in [5.74, 6) is -0.230. The fraction of sp³-hybridized carbons (Fsp3) is 0.900. The van der Waals surface area contributed by atoms with E-state index >= 15 is 0 Å². The topological polar surface area (TPSA) is 139 Å². The van der Waals surface area contributed by atoms with Crippen LogP contribution in [-0.4, -0.2) is 80.7 Å². The highest BCUT2D eigenvalue weighted by molar-refractivity contribution is 5.77. The number of aliphatic hydroxyl groups is 5. The predicted molar refractivity (Wildman–Crippen MR) is 150 cm³/mol. The summed E-state index contributed by atoms with van der Waals surface area (Å²) in [6, 6.07) is -0.838. The molecule has 7 unspecified atom stereocenters. The molecule has 0 saturated heterocycles. The molecule has 0 aromatic rings. The van der Waals surface area contributed by atoms with E-state index in [2.05, 4.69) is 46.9 Å². The van der Waals surface area contributed by atoms with Crippen LogP contribution in [0.5, 0.6) is 0 Å². The number of carbonyl (C=O) groups excluding carboxylic acids is 1. The zero-order chi connectivity index (χ0) is 29.7. The lowest BCUT2D eigenvalue weighted by atomic mass is 9.71. The van der Waals surface area contributed by atoms with Crippen LogP contribution >= 0.6 is 0 Å². The molecule has 7 atom stereocenters. The van der Waals surface area contributed by atoms with E-state index in [1.165, 1.54) is 6.08 Å². The van der Waals surface area contributed by atoms with Crippen molar-refractivity contribution in [1.82, 2.24) is 5.32 Å². The predicted octanol–water partition coefficient (Wildman–Crippen LogP) is 3.33. The van der Waals surface area contributed by atoms with Crippen molar-refractivity contribution in [2.45, 2.75) is 144 Å². The molecule has 8 nitrogen and oxygen atoms in total. The fourth-order valence-electron chi connectivity index (χ4n) is 6.06. The van der Waals surface area contributed by atoms with Gasteiger partial charge in [0, 0.05) is 12.8 Å². The third-order valence-corrected chi connectivity index (χ3v) is 7.08. The molecule has 0 bridgehead atoms. The van der Waals surface area contributed by atoms with Gasteiger partial charge in [-0.25, -0.2) is 0 Å². The van der Waals surface area contributed by atoms with Crippen LogP contribution in [-0.2, 0) is 9.53 Å². The number of hydrogen-bond acceptors (Lipinski definition) is 7. The number of rotatable bonds is 12. The smallest absolute Gasteiger partial charge is 0.220 e. The molecule has 0 aromatic carbocycles. The van der Waals surface area contributed by atoms with Crippen molar-refractivity contribution in [1.29, 1.82) is 0 Å². The maximum absolute atomic E-state index is 13.1. The lowest BCUT2D eigenvalue weighted by Crippen LogP contribution is -2.51. The van der Waals surface area contributed by atoms with E-state index < -0.39 is 48.1 Å². The first-order valence-corrected chi connectivity index (χ1v) is 14.0. The Balaban J connectivity index is 3.03. The highest BCUT2D eigenvalue weighted by atomic mass is 16.5. The quantitative estimate of drug-likeness (QED) is 0.208. The minimum absolute atomic E-state index is 0.0145. The molecular weight excluding hydrogens is 486 g/mol. The van der Waals surface area contributed by atoms with Crippen molar-refractivity contribution >= 4 is 5.91 Å². The van der Waals surface area contributed by atoms with Crippen LogP contribution in [0.1, 0.15) is 101 Å². The molecule has 0 aromatic heterocycles. The van der Waals surface area contributed by atoms with E-state index in [4.69, 9.17) is 4.74 Å². The molecule has 0 fully saturated rings. The van der Waals surface area contributed by atoms with Crippen LogP contribution < -0.4 is 5.32 Å². The average molecular weight is 544 g/mol. The van der Waals surface area contributed by atoms with Crippen LogP contribution in [0.25, 0.3) is 0 Å². The Morgan fingerprint density at radius 1 is 0.921 bits per heavy atom. The van der Waals surface area contributed by atoms with Gasteiger partial charge < -0.3 is 35.6 Å². The third-order valence-electron chi connectivity index (χ3n) is 7.08. The highest BCUT2D eigenvalue weighted by Crippen LogP contribution is 2.38. The molecule has 8 heteroatoms. The van der Waals surface area contributed by atoms with Gasteiger partial charge in [0.2, 0.25) is 5.91 Å². The molecule has 38 heavy (non-hydrogen) atoms. The van der Waals surface area contributed by atoms with Crippen molar-refractivity contribution in [3.05, 3.63) is 12.2 Å². The lowest BCUT2D eigenvalue weighted by Gasteiger charge is -2.38. The Bertz CT molecular complexity index is 766. The molecular formula is C30H57NO7. The monoisotopic (exact) mass is 543 g/mol. The van der Waals surface area contributed by atoms with Crippen molar-refractivity contribution in [3.63, 3.8) is 0 Å². The Morgan fingerprint density at radius 2 is 1.47 bits per heavy atom. The summed E-state index contributed by atoms with van der Waals surface area (Å²) >= 11 is 0. The zero-order valence-electron chi connectivity index (χ0n) is 25.5. The molecule has 0 saturated carbocycles. The van der Waals surface area contributed by atoms with Crippen LogP contribution in [0, 0.1) is 21.7 Å². The first kappa shape index (κ1) is 35.0. The van der Waals surface area contributed by atoms with Crippen LogP contribution in [0.4, 0.5) is 0 Å². The van der Waals surface area contributed by atoms with Gasteiger partial charge in [-0.3, -0.25) is 4.79 Å². The van der Waals surface area contributed by atoms with Gasteiger partial charge in [0.1, 0.15) is 18.3 Å². The van der Waals surface area contributed by atoms with Crippen LogP contribution in [0.2, 0.25) is 0 Å². The number of aliphatic hydroxyl groups excluding tert-OH is 5. The van der Waals surface area contributed by atoms with Gasteiger partial charge in [0.15, 0.2) is 0 Å². The molecule has 224 valence electrons. The summed E-state index contributed by atoms with van der Waals surface area (Å²) < 4.78 is 5.91. The van der Waals surface area contributed by atoms with E-state index in [-0.39, 0.29) is 48.0 Å². The lowest BCUT2D eigenvalue weighted by molar-refractivity contribution is -0.131. The zero-order valence-corrected chi connectivity index (χ0v) is 25.5. The maximum Gasteiger partial charge on any atom is 0.220 e. The summed E-state index contributed by atoms with van der Waals surface area (Å²) in [6.07, 6.45) is -1.54. The van der Waals surface area contributed by atoms with Gasteiger partial charge in [0.25, 0.3) is 0 Å². The molecule has 0 spiro atoms. The Morgan fingerprint density at radius 3 is 2.00 bits per heavy atom. The van der Waals surface area contributed by atoms with E-state index in [0.29, 0.717) is 0 Å². The number of amides is 1. The first-order chi connectivity index (χ1) is 17.0. The Hall–Kier alpha value is -1.03. The van der Waals surface area contributed by atoms with Crippen molar-refractivity contribution in [2.24, 2.45) is 21.7 Å². The molecule has 1 aliphatic carbocycles. The normalized spacial score (nSPS) is 26.0. The van der Waals surface area contributed by atoms with E-state index in [1.807, 2.05) is 27.7 Å². The fourth-order valence-corrected chi connectivity index (χ4v) is 6.06. The highest BCUT2D eigenvalue weighted by Gasteiger charge is 2.38. The molecule has 1 rings (SSSR count). The molecule has 0 heterocycles. The van der Waals surface area contributed by atoms with Crippen LogP contribution in [0.15, 0.2) is 12.2 Å². The maximum atomic E-state index is 13.1. The standard InChI is InChI=1S/C30H57NO7/c1-27(2,3)17-29(7,8)15-24(35)31-19(16-38-22-13-11-12-20(32)25(36)26(22)37)21(33)14-23(34)30(9,10)18-28(4,5)6/h11-12,19-23,25-26,32-34,36-37H,13-18H2,1-10H3,(H,31,35). The summed E-state index contributed by atoms with van der Waals surface area (Å²) in [5, 5.41) is 55.7. The van der Waals surface area contributed by atoms with Gasteiger partial charge in [0.05, 0.1) is 31.0 Å². The number of carbonyl (C=O) groups is 1. The summed E-state index contributed by atoms with van der Waals surface area (Å²) in [6.45, 7) is 20.6. The van der Waals surface area contributed by atoms with Gasteiger partial charge in [-0.2, -0.15) is 0 Å². The average Bonchev–Trinajstić information content (AvgIpc) is 2.80. The molecule has 0 radical (unpaired) electrons. The molecule has 0 aliphatic heterocycles. The Kier molecular flexibility index (Phi) is 12.5. The van der Waals surface area contributed by atoms with Crippen molar-refractivity contribution < 1.29 is 35.1 Å². The molecule has 1 amide bonds. The first-order valence-electron chi connectivity index (χ1n) is 14.0. The van der Waals surface area contributed by atoms with Crippen LogP contribution in [0.3, 0.4) is 0 Å². The third kappa shape index (κ3) is 12.4. The summed E-state index contributed by atoms with van der Waals surface area (Å²) in [4.78, 5) is 13.1. The second-order valence-corrected chi connectivity index (χ2v) is 15.3.